The first-order valence-corrected chi connectivity index (χ1v) is 9.71. The quantitative estimate of drug-likeness (QED) is 0.697. The smallest absolute Gasteiger partial charge is 0.408 e. The molecule has 1 aliphatic rings. The summed E-state index contributed by atoms with van der Waals surface area (Å²) in [7, 11) is 0. The van der Waals surface area contributed by atoms with Gasteiger partial charge in [-0.1, -0.05) is 31.4 Å². The number of nitrogens with one attached hydrogen (secondary N) is 1. The van der Waals surface area contributed by atoms with E-state index in [1.54, 1.807) is 10.6 Å². The number of aromatic nitrogens is 1. The monoisotopic (exact) mass is 360 g/mol. The fourth-order valence-corrected chi connectivity index (χ4v) is 3.49. The Morgan fingerprint density at radius 3 is 2.85 bits per heavy atom. The van der Waals surface area contributed by atoms with Crippen molar-refractivity contribution in [2.45, 2.75) is 64.0 Å². The first-order chi connectivity index (χ1) is 12.7. The second-order valence-electron chi connectivity index (χ2n) is 6.93. The molecule has 1 aromatic carbocycles. The molecule has 3 rings (SSSR count). The number of rotatable bonds is 9. The summed E-state index contributed by atoms with van der Waals surface area (Å²) in [5, 5.41) is 2.92. The van der Waals surface area contributed by atoms with Crippen LogP contribution in [0, 0.1) is 0 Å². The van der Waals surface area contributed by atoms with Crippen molar-refractivity contribution >= 4 is 17.0 Å². The topological polar surface area (TPSA) is 73.5 Å². The van der Waals surface area contributed by atoms with Crippen LogP contribution in [0.15, 0.2) is 33.5 Å². The van der Waals surface area contributed by atoms with Gasteiger partial charge in [0.2, 0.25) is 5.91 Å². The average molecular weight is 360 g/mol. The molecule has 6 nitrogen and oxygen atoms in total. The minimum absolute atomic E-state index is 0.0171. The van der Waals surface area contributed by atoms with Gasteiger partial charge in [-0.05, 0) is 37.8 Å². The number of aryl methyl sites for hydroxylation is 1. The van der Waals surface area contributed by atoms with Crippen molar-refractivity contribution in [1.82, 2.24) is 9.88 Å². The molecule has 1 saturated carbocycles. The fourth-order valence-electron chi connectivity index (χ4n) is 3.49. The zero-order chi connectivity index (χ0) is 18.2. The molecule has 26 heavy (non-hydrogen) atoms. The minimum Gasteiger partial charge on any atom is -0.408 e. The molecule has 1 amide bonds. The first-order valence-electron chi connectivity index (χ1n) is 9.71. The predicted molar refractivity (Wildman–Crippen MR) is 100 cm³/mol. The minimum atomic E-state index is -0.369. The van der Waals surface area contributed by atoms with Gasteiger partial charge in [0.1, 0.15) is 0 Å². The molecule has 1 N–H and O–H groups in total. The van der Waals surface area contributed by atoms with Gasteiger partial charge < -0.3 is 14.5 Å². The standard InChI is InChI=1S/C20H28N2O4/c23-19(21-13-7-15-25-16-8-2-1-3-9-16)12-6-14-22-17-10-4-5-11-18(17)26-20(22)24/h4-5,10-11,16H,1-3,6-9,12-15H2,(H,21,23). The summed E-state index contributed by atoms with van der Waals surface area (Å²) in [6, 6.07) is 7.33. The van der Waals surface area contributed by atoms with Crippen LogP contribution in [0.3, 0.4) is 0 Å². The van der Waals surface area contributed by atoms with E-state index in [1.165, 1.54) is 32.1 Å². The third-order valence-corrected chi connectivity index (χ3v) is 4.91. The maximum Gasteiger partial charge on any atom is 0.419 e. The SMILES string of the molecule is O=C(CCCn1c(=O)oc2ccccc21)NCCCOC1CCCCC1. The molecule has 0 radical (unpaired) electrons. The fraction of sp³-hybridized carbons (Fsp3) is 0.600. The predicted octanol–water partition coefficient (Wildman–Crippen LogP) is 3.23. The third-order valence-electron chi connectivity index (χ3n) is 4.91. The van der Waals surface area contributed by atoms with Gasteiger partial charge in [-0.15, -0.1) is 0 Å². The molecule has 0 bridgehead atoms. The summed E-state index contributed by atoms with van der Waals surface area (Å²) >= 11 is 0. The largest absolute Gasteiger partial charge is 0.419 e. The van der Waals surface area contributed by atoms with Gasteiger partial charge in [-0.3, -0.25) is 9.36 Å². The van der Waals surface area contributed by atoms with Crippen molar-refractivity contribution in [3.05, 3.63) is 34.8 Å². The van der Waals surface area contributed by atoms with Gasteiger partial charge >= 0.3 is 5.76 Å². The lowest BCUT2D eigenvalue weighted by Crippen LogP contribution is -2.26. The van der Waals surface area contributed by atoms with Crippen molar-refractivity contribution in [3.8, 4) is 0 Å². The molecule has 1 aliphatic carbocycles. The Kier molecular flexibility index (Phi) is 6.89. The third kappa shape index (κ3) is 5.21. The van der Waals surface area contributed by atoms with Crippen LogP contribution < -0.4 is 11.1 Å². The number of ether oxygens (including phenoxy) is 1. The van der Waals surface area contributed by atoms with E-state index in [9.17, 15) is 9.59 Å². The molecule has 2 aromatic rings. The van der Waals surface area contributed by atoms with Crippen LogP contribution >= 0.6 is 0 Å². The molecule has 1 heterocycles. The van der Waals surface area contributed by atoms with Crippen LogP contribution in [0.25, 0.3) is 11.1 Å². The molecule has 0 saturated heterocycles. The molecule has 142 valence electrons. The number of fused-ring (bicyclic) bond motifs is 1. The first kappa shape index (κ1) is 18.7. The number of hydrogen-bond acceptors (Lipinski definition) is 4. The maximum absolute atomic E-state index is 11.9. The molecule has 0 atom stereocenters. The van der Waals surface area contributed by atoms with Crippen molar-refractivity contribution < 1.29 is 13.9 Å². The Hall–Kier alpha value is -2.08. The van der Waals surface area contributed by atoms with Gasteiger partial charge in [-0.25, -0.2) is 4.79 Å². The molecule has 1 fully saturated rings. The summed E-state index contributed by atoms with van der Waals surface area (Å²) < 4.78 is 12.6. The van der Waals surface area contributed by atoms with Crippen LogP contribution in [0.5, 0.6) is 0 Å². The van der Waals surface area contributed by atoms with E-state index in [0.29, 0.717) is 44.2 Å². The van der Waals surface area contributed by atoms with Gasteiger partial charge in [0.15, 0.2) is 5.58 Å². The average Bonchev–Trinajstić information content (AvgIpc) is 2.98. The van der Waals surface area contributed by atoms with Crippen molar-refractivity contribution in [1.29, 1.82) is 0 Å². The van der Waals surface area contributed by atoms with E-state index >= 15 is 0 Å². The number of para-hydroxylation sites is 2. The molecule has 6 heteroatoms. The highest BCUT2D eigenvalue weighted by molar-refractivity contribution is 5.76. The summed E-state index contributed by atoms with van der Waals surface area (Å²) in [5.74, 6) is -0.352. The van der Waals surface area contributed by atoms with Gasteiger partial charge in [0, 0.05) is 26.1 Å². The Bertz CT molecular complexity index is 759. The van der Waals surface area contributed by atoms with Crippen molar-refractivity contribution in [3.63, 3.8) is 0 Å². The zero-order valence-corrected chi connectivity index (χ0v) is 15.2. The molecule has 0 aliphatic heterocycles. The molecule has 1 aromatic heterocycles. The number of oxazole rings is 1. The van der Waals surface area contributed by atoms with E-state index in [-0.39, 0.29) is 11.7 Å². The number of benzene rings is 1. The lowest BCUT2D eigenvalue weighted by atomic mass is 9.98. The summed E-state index contributed by atoms with van der Waals surface area (Å²) in [4.78, 5) is 23.8. The Labute approximate surface area is 153 Å². The van der Waals surface area contributed by atoms with E-state index in [4.69, 9.17) is 9.15 Å². The highest BCUT2D eigenvalue weighted by Gasteiger charge is 2.13. The highest BCUT2D eigenvalue weighted by Crippen LogP contribution is 2.20. The number of carbonyl (C=O) groups excluding carboxylic acids is 1. The van der Waals surface area contributed by atoms with E-state index in [2.05, 4.69) is 5.32 Å². The zero-order valence-electron chi connectivity index (χ0n) is 15.2. The van der Waals surface area contributed by atoms with Gasteiger partial charge in [0.05, 0.1) is 11.6 Å². The van der Waals surface area contributed by atoms with Crippen LogP contribution in [-0.2, 0) is 16.1 Å². The lowest BCUT2D eigenvalue weighted by molar-refractivity contribution is -0.121. The molecule has 0 unspecified atom stereocenters. The summed E-state index contributed by atoms with van der Waals surface area (Å²) in [6.07, 6.45) is 8.49. The van der Waals surface area contributed by atoms with Crippen LogP contribution in [-0.4, -0.2) is 29.7 Å². The number of hydrogen-bond donors (Lipinski definition) is 1. The lowest BCUT2D eigenvalue weighted by Gasteiger charge is -2.21. The number of carbonyl (C=O) groups is 1. The van der Waals surface area contributed by atoms with E-state index in [1.807, 2.05) is 18.2 Å². The highest BCUT2D eigenvalue weighted by atomic mass is 16.5. The van der Waals surface area contributed by atoms with Crippen LogP contribution in [0.4, 0.5) is 0 Å². The Balaban J connectivity index is 1.30. The van der Waals surface area contributed by atoms with Crippen molar-refractivity contribution in [2.75, 3.05) is 13.2 Å². The summed E-state index contributed by atoms with van der Waals surface area (Å²) in [6.45, 7) is 1.83. The second-order valence-corrected chi connectivity index (χ2v) is 6.93. The van der Waals surface area contributed by atoms with Crippen LogP contribution in [0.1, 0.15) is 51.4 Å². The second kappa shape index (κ2) is 9.57. The number of nitrogens with zero attached hydrogens (tertiary/aromatic N) is 1. The van der Waals surface area contributed by atoms with E-state index < -0.39 is 0 Å². The van der Waals surface area contributed by atoms with Crippen LogP contribution in [0.2, 0.25) is 0 Å². The Morgan fingerprint density at radius 2 is 2.00 bits per heavy atom. The molecular formula is C20H28N2O4. The normalized spacial score (nSPS) is 15.4. The summed E-state index contributed by atoms with van der Waals surface area (Å²) in [5.41, 5.74) is 1.36. The van der Waals surface area contributed by atoms with Gasteiger partial charge in [-0.2, -0.15) is 0 Å². The maximum atomic E-state index is 11.9. The molecule has 0 spiro atoms. The number of amides is 1. The Morgan fingerprint density at radius 1 is 1.19 bits per heavy atom. The van der Waals surface area contributed by atoms with E-state index in [0.717, 1.165) is 11.9 Å². The molecular weight excluding hydrogens is 332 g/mol. The van der Waals surface area contributed by atoms with Gasteiger partial charge in [0.25, 0.3) is 0 Å². The van der Waals surface area contributed by atoms with Crippen molar-refractivity contribution in [2.24, 2.45) is 0 Å².